The van der Waals surface area contributed by atoms with E-state index in [0.717, 1.165) is 0 Å². The Labute approximate surface area is 88.8 Å². The van der Waals surface area contributed by atoms with Gasteiger partial charge in [-0.15, -0.1) is 5.10 Å². The number of hydrogen-bond donors (Lipinski definition) is 0. The molecule has 0 saturated heterocycles. The molecule has 0 aliphatic carbocycles. The molecule has 0 amide bonds. The molecule has 0 aliphatic rings. The summed E-state index contributed by atoms with van der Waals surface area (Å²) in [7, 11) is 0. The summed E-state index contributed by atoms with van der Waals surface area (Å²) in [5, 5.41) is 11.5. The minimum absolute atomic E-state index is 0.413. The maximum absolute atomic E-state index is 11.7. The lowest BCUT2D eigenvalue weighted by atomic mass is 10.2. The third kappa shape index (κ3) is 1.08. The number of rotatable bonds is 0. The number of hydrogen-bond acceptors (Lipinski definition) is 6. The summed E-state index contributed by atoms with van der Waals surface area (Å²) in [6, 6.07) is 1.67. The van der Waals surface area contributed by atoms with E-state index in [2.05, 4.69) is 25.3 Å². The van der Waals surface area contributed by atoms with Crippen molar-refractivity contribution in [2.24, 2.45) is 0 Å². The minimum atomic E-state index is -0.414. The molecular formula is C9H6N6O. The second-order valence-electron chi connectivity index (χ2n) is 3.27. The normalized spacial score (nSPS) is 11.1. The molecule has 7 nitrogen and oxygen atoms in total. The van der Waals surface area contributed by atoms with Crippen molar-refractivity contribution in [3.8, 4) is 0 Å². The van der Waals surface area contributed by atoms with Crippen LogP contribution in [0.1, 0.15) is 5.69 Å². The average molecular weight is 214 g/mol. The van der Waals surface area contributed by atoms with E-state index in [1.807, 2.05) is 0 Å². The van der Waals surface area contributed by atoms with E-state index in [-0.39, 0.29) is 0 Å². The molecule has 0 aliphatic heterocycles. The van der Waals surface area contributed by atoms with Crippen LogP contribution in [0.3, 0.4) is 0 Å². The van der Waals surface area contributed by atoms with E-state index < -0.39 is 5.56 Å². The third-order valence-electron chi connectivity index (χ3n) is 2.31. The van der Waals surface area contributed by atoms with E-state index in [9.17, 15) is 4.79 Å². The quantitative estimate of drug-likeness (QED) is 0.512. The highest BCUT2D eigenvalue weighted by Crippen LogP contribution is 2.11. The first-order chi connectivity index (χ1) is 7.77. The van der Waals surface area contributed by atoms with E-state index >= 15 is 0 Å². The Morgan fingerprint density at radius 2 is 2.25 bits per heavy atom. The van der Waals surface area contributed by atoms with Gasteiger partial charge in [0.05, 0.1) is 22.8 Å². The summed E-state index contributed by atoms with van der Waals surface area (Å²) in [4.78, 5) is 19.8. The largest absolute Gasteiger partial charge is 0.299 e. The highest BCUT2D eigenvalue weighted by molar-refractivity contribution is 5.80. The monoisotopic (exact) mass is 214 g/mol. The second kappa shape index (κ2) is 3.02. The number of aryl methyl sites for hydroxylation is 1. The number of nitrogens with zero attached hydrogens (tertiary/aromatic N) is 6. The zero-order valence-corrected chi connectivity index (χ0v) is 8.32. The summed E-state index contributed by atoms with van der Waals surface area (Å²) in [6.45, 7) is 1.74. The molecule has 0 spiro atoms. The van der Waals surface area contributed by atoms with Crippen LogP contribution in [0.4, 0.5) is 0 Å². The summed E-state index contributed by atoms with van der Waals surface area (Å²) in [5.74, 6) is 0.454. The van der Waals surface area contributed by atoms with E-state index in [1.54, 1.807) is 13.0 Å². The molecule has 3 rings (SSSR count). The summed E-state index contributed by atoms with van der Waals surface area (Å²) in [5.41, 5.74) is 0.767. The third-order valence-corrected chi connectivity index (χ3v) is 2.31. The van der Waals surface area contributed by atoms with Crippen molar-refractivity contribution in [3.05, 3.63) is 34.6 Å². The molecular weight excluding hydrogens is 208 g/mol. The van der Waals surface area contributed by atoms with Crippen LogP contribution in [-0.2, 0) is 0 Å². The highest BCUT2D eigenvalue weighted by Gasteiger charge is 2.09. The molecule has 0 unspecified atom stereocenters. The molecule has 3 aromatic rings. The molecule has 0 N–H and O–H groups in total. The Balaban J connectivity index is 2.75. The highest BCUT2D eigenvalue weighted by atomic mass is 16.1. The lowest BCUT2D eigenvalue weighted by Crippen LogP contribution is -2.08. The second-order valence-corrected chi connectivity index (χ2v) is 3.27. The summed E-state index contributed by atoms with van der Waals surface area (Å²) in [6.07, 6.45) is 2.84. The lowest BCUT2D eigenvalue weighted by Gasteiger charge is -1.98. The fraction of sp³-hybridized carbons (Fsp3) is 0.111. The standard InChI is InChI=1S/C9H6N6O/c1-5-7-6(2-3-11-14-8(7)16)15-9(13-5)10-4-12-15/h2-4H,1H3. The van der Waals surface area contributed by atoms with Crippen LogP contribution >= 0.6 is 0 Å². The van der Waals surface area contributed by atoms with Crippen molar-refractivity contribution in [1.82, 2.24) is 29.8 Å². The molecule has 0 fully saturated rings. The first kappa shape index (κ1) is 8.84. The SMILES string of the molecule is Cc1nc2ncnn2c2ccnnc(=O)c12. The topological polar surface area (TPSA) is 85.9 Å². The lowest BCUT2D eigenvalue weighted by molar-refractivity contribution is 0.974. The Morgan fingerprint density at radius 1 is 1.38 bits per heavy atom. The molecule has 78 valence electrons. The van der Waals surface area contributed by atoms with E-state index in [0.29, 0.717) is 22.4 Å². The first-order valence-corrected chi connectivity index (χ1v) is 4.59. The van der Waals surface area contributed by atoms with Gasteiger partial charge in [0, 0.05) is 0 Å². The van der Waals surface area contributed by atoms with Crippen LogP contribution in [0.25, 0.3) is 16.7 Å². The van der Waals surface area contributed by atoms with Crippen molar-refractivity contribution in [2.75, 3.05) is 0 Å². The van der Waals surface area contributed by atoms with Crippen LogP contribution in [0.2, 0.25) is 0 Å². The fourth-order valence-electron chi connectivity index (χ4n) is 1.64. The summed E-state index contributed by atoms with van der Waals surface area (Å²) >= 11 is 0. The van der Waals surface area contributed by atoms with Gasteiger partial charge in [-0.25, -0.2) is 4.98 Å². The van der Waals surface area contributed by atoms with Crippen molar-refractivity contribution < 1.29 is 0 Å². The van der Waals surface area contributed by atoms with Gasteiger partial charge in [0.15, 0.2) is 0 Å². The van der Waals surface area contributed by atoms with Crippen LogP contribution in [-0.4, -0.2) is 29.8 Å². The van der Waals surface area contributed by atoms with Crippen molar-refractivity contribution in [3.63, 3.8) is 0 Å². The molecule has 3 aromatic heterocycles. The molecule has 0 aromatic carbocycles. The van der Waals surface area contributed by atoms with Crippen LogP contribution in [0.15, 0.2) is 23.4 Å². The van der Waals surface area contributed by atoms with Gasteiger partial charge in [0.2, 0.25) is 0 Å². The Hall–Kier alpha value is -2.44. The van der Waals surface area contributed by atoms with Crippen LogP contribution in [0.5, 0.6) is 0 Å². The van der Waals surface area contributed by atoms with Crippen molar-refractivity contribution >= 4 is 16.7 Å². The van der Waals surface area contributed by atoms with Crippen LogP contribution in [0, 0.1) is 6.92 Å². The van der Waals surface area contributed by atoms with Gasteiger partial charge in [-0.1, -0.05) is 0 Å². The van der Waals surface area contributed by atoms with Crippen LogP contribution < -0.4 is 5.56 Å². The molecule has 16 heavy (non-hydrogen) atoms. The molecule has 3 heterocycles. The summed E-state index contributed by atoms with van der Waals surface area (Å²) < 4.78 is 1.49. The fourth-order valence-corrected chi connectivity index (χ4v) is 1.64. The number of fused-ring (bicyclic) bond motifs is 3. The predicted octanol–water partition coefficient (Wildman–Crippen LogP) is -0.264. The van der Waals surface area contributed by atoms with Gasteiger partial charge in [0.1, 0.15) is 6.33 Å². The average Bonchev–Trinajstić information content (AvgIpc) is 2.62. The molecule has 0 bridgehead atoms. The molecule has 0 saturated carbocycles. The zero-order chi connectivity index (χ0) is 11.1. The maximum atomic E-state index is 11.7. The number of aromatic nitrogens is 6. The van der Waals surface area contributed by atoms with Gasteiger partial charge in [0.25, 0.3) is 11.3 Å². The Morgan fingerprint density at radius 3 is 3.12 bits per heavy atom. The molecule has 0 radical (unpaired) electrons. The van der Waals surface area contributed by atoms with Gasteiger partial charge >= 0.3 is 0 Å². The maximum Gasteiger partial charge on any atom is 0.299 e. The van der Waals surface area contributed by atoms with Crippen molar-refractivity contribution in [1.29, 1.82) is 0 Å². The van der Waals surface area contributed by atoms with Gasteiger partial charge in [-0.05, 0) is 13.0 Å². The molecule has 0 atom stereocenters. The predicted molar refractivity (Wildman–Crippen MR) is 54.9 cm³/mol. The van der Waals surface area contributed by atoms with E-state index in [1.165, 1.54) is 17.0 Å². The molecule has 7 heteroatoms. The van der Waals surface area contributed by atoms with Gasteiger partial charge in [-0.3, -0.25) is 4.79 Å². The van der Waals surface area contributed by atoms with Crippen molar-refractivity contribution in [2.45, 2.75) is 6.92 Å². The van der Waals surface area contributed by atoms with E-state index in [4.69, 9.17) is 0 Å². The Kier molecular flexibility index (Phi) is 1.67. The smallest absolute Gasteiger partial charge is 0.265 e. The van der Waals surface area contributed by atoms with Gasteiger partial charge < -0.3 is 0 Å². The zero-order valence-electron chi connectivity index (χ0n) is 8.32. The minimum Gasteiger partial charge on any atom is -0.265 e. The first-order valence-electron chi connectivity index (χ1n) is 4.59. The Bertz CT molecular complexity index is 750. The van der Waals surface area contributed by atoms with Gasteiger partial charge in [-0.2, -0.15) is 19.7 Å².